The van der Waals surface area contributed by atoms with Crippen LogP contribution in [0.25, 0.3) is 0 Å². The molecule has 1 rings (SSSR count). The lowest BCUT2D eigenvalue weighted by Crippen LogP contribution is -2.33. The lowest BCUT2D eigenvalue weighted by atomic mass is 10.1. The molecule has 1 aromatic carbocycles. The SMILES string of the molecule is CCC(C)(C=O)Oc1ccc(Cl)cc1. The van der Waals surface area contributed by atoms with E-state index < -0.39 is 5.60 Å². The van der Waals surface area contributed by atoms with Crippen molar-refractivity contribution in [2.24, 2.45) is 0 Å². The summed E-state index contributed by atoms with van der Waals surface area (Å²) in [6, 6.07) is 6.97. The van der Waals surface area contributed by atoms with Crippen LogP contribution in [-0.4, -0.2) is 11.9 Å². The van der Waals surface area contributed by atoms with Gasteiger partial charge in [0.2, 0.25) is 0 Å². The molecule has 0 N–H and O–H groups in total. The maximum absolute atomic E-state index is 10.8. The lowest BCUT2D eigenvalue weighted by molar-refractivity contribution is -0.120. The van der Waals surface area contributed by atoms with Crippen LogP contribution < -0.4 is 4.74 Å². The molecule has 0 amide bonds. The van der Waals surface area contributed by atoms with Crippen molar-refractivity contribution in [2.75, 3.05) is 0 Å². The molecule has 0 heterocycles. The number of hydrogen-bond donors (Lipinski definition) is 0. The Balaban J connectivity index is 2.77. The van der Waals surface area contributed by atoms with Gasteiger partial charge in [-0.2, -0.15) is 0 Å². The van der Waals surface area contributed by atoms with E-state index in [0.717, 1.165) is 6.29 Å². The van der Waals surface area contributed by atoms with Crippen molar-refractivity contribution in [2.45, 2.75) is 25.9 Å². The van der Waals surface area contributed by atoms with E-state index in [2.05, 4.69) is 0 Å². The molecule has 1 unspecified atom stereocenters. The van der Waals surface area contributed by atoms with Gasteiger partial charge in [-0.1, -0.05) is 18.5 Å². The molecular weight excluding hydrogens is 200 g/mol. The first-order valence-corrected chi connectivity index (χ1v) is 4.88. The van der Waals surface area contributed by atoms with Crippen LogP contribution in [0.5, 0.6) is 5.75 Å². The third kappa shape index (κ3) is 2.74. The van der Waals surface area contributed by atoms with Gasteiger partial charge in [0.05, 0.1) is 0 Å². The van der Waals surface area contributed by atoms with Crippen molar-refractivity contribution in [1.82, 2.24) is 0 Å². The number of carbonyl (C=O) groups is 1. The fraction of sp³-hybridized carbons (Fsp3) is 0.364. The Kier molecular flexibility index (Phi) is 3.53. The third-order valence-corrected chi connectivity index (χ3v) is 2.37. The topological polar surface area (TPSA) is 26.3 Å². The average Bonchev–Trinajstić information content (AvgIpc) is 2.21. The summed E-state index contributed by atoms with van der Waals surface area (Å²) < 4.78 is 5.53. The Morgan fingerprint density at radius 2 is 2.00 bits per heavy atom. The van der Waals surface area contributed by atoms with Gasteiger partial charge in [0.25, 0.3) is 0 Å². The summed E-state index contributed by atoms with van der Waals surface area (Å²) in [7, 11) is 0. The summed E-state index contributed by atoms with van der Waals surface area (Å²) in [6.07, 6.45) is 1.46. The van der Waals surface area contributed by atoms with Crippen molar-refractivity contribution >= 4 is 17.9 Å². The lowest BCUT2D eigenvalue weighted by Gasteiger charge is -2.23. The highest BCUT2D eigenvalue weighted by atomic mass is 35.5. The Bertz CT molecular complexity index is 308. The normalized spacial score (nSPS) is 14.5. The highest BCUT2D eigenvalue weighted by Crippen LogP contribution is 2.21. The third-order valence-electron chi connectivity index (χ3n) is 2.12. The maximum Gasteiger partial charge on any atom is 0.163 e. The zero-order valence-electron chi connectivity index (χ0n) is 8.29. The summed E-state index contributed by atoms with van der Waals surface area (Å²) in [5.74, 6) is 0.658. The maximum atomic E-state index is 10.8. The van der Waals surface area contributed by atoms with Crippen LogP contribution in [0.2, 0.25) is 5.02 Å². The molecule has 0 aliphatic carbocycles. The molecule has 0 spiro atoms. The standard InChI is InChI=1S/C11H13ClO2/c1-3-11(2,8-13)14-10-6-4-9(12)5-7-10/h4-8H,3H2,1-2H3. The van der Waals surface area contributed by atoms with Crippen molar-refractivity contribution < 1.29 is 9.53 Å². The van der Waals surface area contributed by atoms with Gasteiger partial charge in [0.1, 0.15) is 5.75 Å². The van der Waals surface area contributed by atoms with Crippen LogP contribution in [0, 0.1) is 0 Å². The van der Waals surface area contributed by atoms with Crippen LogP contribution >= 0.6 is 11.6 Å². The van der Waals surface area contributed by atoms with E-state index >= 15 is 0 Å². The molecule has 0 radical (unpaired) electrons. The number of benzene rings is 1. The van der Waals surface area contributed by atoms with Crippen LogP contribution in [0.15, 0.2) is 24.3 Å². The monoisotopic (exact) mass is 212 g/mol. The van der Waals surface area contributed by atoms with E-state index in [1.807, 2.05) is 6.92 Å². The van der Waals surface area contributed by atoms with Crippen LogP contribution in [0.3, 0.4) is 0 Å². The van der Waals surface area contributed by atoms with Crippen LogP contribution in [-0.2, 0) is 4.79 Å². The molecule has 0 fully saturated rings. The number of halogens is 1. The van der Waals surface area contributed by atoms with Crippen LogP contribution in [0.1, 0.15) is 20.3 Å². The summed E-state index contributed by atoms with van der Waals surface area (Å²) in [5.41, 5.74) is -0.742. The van der Waals surface area contributed by atoms with Gasteiger partial charge >= 0.3 is 0 Å². The minimum absolute atomic E-state index is 0.638. The fourth-order valence-corrected chi connectivity index (χ4v) is 1.08. The van der Waals surface area contributed by atoms with Gasteiger partial charge in [-0.25, -0.2) is 0 Å². The summed E-state index contributed by atoms with van der Waals surface area (Å²) in [6.45, 7) is 3.67. The van der Waals surface area contributed by atoms with E-state index in [0.29, 0.717) is 17.2 Å². The number of carbonyl (C=O) groups excluding carboxylic acids is 1. The van der Waals surface area contributed by atoms with Crippen molar-refractivity contribution in [3.05, 3.63) is 29.3 Å². The highest BCUT2D eigenvalue weighted by molar-refractivity contribution is 6.30. The largest absolute Gasteiger partial charge is 0.480 e. The second-order valence-electron chi connectivity index (χ2n) is 3.34. The van der Waals surface area contributed by atoms with Crippen molar-refractivity contribution in [1.29, 1.82) is 0 Å². The molecular formula is C11H13ClO2. The molecule has 2 nitrogen and oxygen atoms in total. The number of ether oxygens (including phenoxy) is 1. The van der Waals surface area contributed by atoms with E-state index in [1.54, 1.807) is 31.2 Å². The zero-order valence-corrected chi connectivity index (χ0v) is 9.04. The number of rotatable bonds is 4. The van der Waals surface area contributed by atoms with Crippen LogP contribution in [0.4, 0.5) is 0 Å². The quantitative estimate of drug-likeness (QED) is 0.717. The first kappa shape index (κ1) is 11.1. The Labute approximate surface area is 88.8 Å². The summed E-state index contributed by atoms with van der Waals surface area (Å²) in [4.78, 5) is 10.8. The number of hydrogen-bond acceptors (Lipinski definition) is 2. The molecule has 0 aliphatic rings. The first-order chi connectivity index (χ1) is 6.59. The minimum atomic E-state index is -0.742. The fourth-order valence-electron chi connectivity index (χ4n) is 0.951. The molecule has 0 saturated carbocycles. The minimum Gasteiger partial charge on any atom is -0.480 e. The molecule has 0 bridgehead atoms. The highest BCUT2D eigenvalue weighted by Gasteiger charge is 2.22. The average molecular weight is 213 g/mol. The van der Waals surface area contributed by atoms with Crippen molar-refractivity contribution in [3.8, 4) is 5.75 Å². The molecule has 0 saturated heterocycles. The Morgan fingerprint density at radius 1 is 1.43 bits per heavy atom. The predicted molar refractivity (Wildman–Crippen MR) is 56.8 cm³/mol. The summed E-state index contributed by atoms with van der Waals surface area (Å²) in [5, 5.41) is 0.654. The predicted octanol–water partition coefficient (Wildman–Crippen LogP) is 3.09. The molecule has 1 atom stereocenters. The molecule has 3 heteroatoms. The second kappa shape index (κ2) is 4.47. The summed E-state index contributed by atoms with van der Waals surface area (Å²) >= 11 is 5.73. The van der Waals surface area contributed by atoms with E-state index in [1.165, 1.54) is 0 Å². The smallest absolute Gasteiger partial charge is 0.163 e. The number of aldehydes is 1. The molecule has 0 aromatic heterocycles. The zero-order chi connectivity index (χ0) is 10.6. The van der Waals surface area contributed by atoms with Gasteiger partial charge in [-0.3, -0.25) is 4.79 Å². The van der Waals surface area contributed by atoms with Gasteiger partial charge in [-0.15, -0.1) is 0 Å². The van der Waals surface area contributed by atoms with E-state index in [9.17, 15) is 4.79 Å². The second-order valence-corrected chi connectivity index (χ2v) is 3.78. The van der Waals surface area contributed by atoms with Gasteiger partial charge in [0.15, 0.2) is 11.9 Å². The van der Waals surface area contributed by atoms with Gasteiger partial charge in [-0.05, 0) is 37.6 Å². The molecule has 1 aromatic rings. The molecule has 14 heavy (non-hydrogen) atoms. The molecule has 0 aliphatic heterocycles. The van der Waals surface area contributed by atoms with E-state index in [-0.39, 0.29) is 0 Å². The molecule has 76 valence electrons. The Morgan fingerprint density at radius 3 is 2.43 bits per heavy atom. The van der Waals surface area contributed by atoms with E-state index in [4.69, 9.17) is 16.3 Å². The van der Waals surface area contributed by atoms with Gasteiger partial charge in [0, 0.05) is 5.02 Å². The van der Waals surface area contributed by atoms with Crippen molar-refractivity contribution in [3.63, 3.8) is 0 Å². The first-order valence-electron chi connectivity index (χ1n) is 4.50. The Hall–Kier alpha value is -1.02. The van der Waals surface area contributed by atoms with Gasteiger partial charge < -0.3 is 4.74 Å².